The highest BCUT2D eigenvalue weighted by Crippen LogP contribution is 2.13. The molecule has 92 valence electrons. The fraction of sp³-hybridized carbons (Fsp3) is 0.167. The second-order valence-corrected chi connectivity index (χ2v) is 4.37. The summed E-state index contributed by atoms with van der Waals surface area (Å²) in [5, 5.41) is 8.23. The Bertz CT molecular complexity index is 578. The quantitative estimate of drug-likeness (QED) is 0.807. The van der Waals surface area contributed by atoms with Gasteiger partial charge in [-0.3, -0.25) is 4.79 Å². The van der Waals surface area contributed by atoms with Gasteiger partial charge in [0.2, 0.25) is 0 Å². The summed E-state index contributed by atoms with van der Waals surface area (Å²) in [6.45, 7) is 0.786. The van der Waals surface area contributed by atoms with Gasteiger partial charge in [-0.1, -0.05) is 17.0 Å². The van der Waals surface area contributed by atoms with Gasteiger partial charge in [-0.15, -0.1) is 11.3 Å². The Labute approximate surface area is 108 Å². The average molecular weight is 261 g/mol. The molecule has 0 aliphatic carbocycles. The van der Waals surface area contributed by atoms with E-state index in [4.69, 9.17) is 5.73 Å². The van der Waals surface area contributed by atoms with E-state index in [1.54, 1.807) is 0 Å². The van der Waals surface area contributed by atoms with Gasteiger partial charge in [-0.25, -0.2) is 0 Å². The van der Waals surface area contributed by atoms with Gasteiger partial charge in [0, 0.05) is 21.9 Å². The maximum Gasteiger partial charge on any atom is 0.273 e. The summed E-state index contributed by atoms with van der Waals surface area (Å²) in [6, 6.07) is 3.44. The number of carbonyl (C=O) groups excluding carboxylic acids is 1. The Morgan fingerprint density at radius 1 is 1.61 bits per heavy atom. The van der Waals surface area contributed by atoms with E-state index < -0.39 is 0 Å². The summed E-state index contributed by atoms with van der Waals surface area (Å²) in [6.07, 6.45) is 1.36. The lowest BCUT2D eigenvalue weighted by molar-refractivity contribution is 0.0942. The maximum atomic E-state index is 11.6. The van der Waals surface area contributed by atoms with E-state index in [9.17, 15) is 4.79 Å². The summed E-state index contributed by atoms with van der Waals surface area (Å²) in [4.78, 5) is 12.6. The van der Waals surface area contributed by atoms with Gasteiger partial charge >= 0.3 is 0 Å². The SMILES string of the molecule is NCC#Cc1csc(CNC(=O)c2ccon2)c1. The van der Waals surface area contributed by atoms with Gasteiger partial charge in [-0.2, -0.15) is 0 Å². The average Bonchev–Trinajstić information content (AvgIpc) is 3.04. The smallest absolute Gasteiger partial charge is 0.273 e. The van der Waals surface area contributed by atoms with E-state index in [1.807, 2.05) is 11.4 Å². The van der Waals surface area contributed by atoms with Gasteiger partial charge in [0.1, 0.15) is 6.26 Å². The molecule has 0 aliphatic heterocycles. The second-order valence-electron chi connectivity index (χ2n) is 3.37. The number of hydrogen-bond donors (Lipinski definition) is 2. The van der Waals surface area contributed by atoms with Crippen molar-refractivity contribution in [2.24, 2.45) is 5.73 Å². The summed E-state index contributed by atoms with van der Waals surface area (Å²) in [5.41, 5.74) is 6.48. The minimum absolute atomic E-state index is 0.258. The Balaban J connectivity index is 1.90. The standard InChI is InChI=1S/C12H11N3O2S/c13-4-1-2-9-6-10(18-8-9)7-14-12(16)11-3-5-17-15-11/h3,5-6,8H,4,7,13H2,(H,14,16). The molecular weight excluding hydrogens is 250 g/mol. The predicted molar refractivity (Wildman–Crippen MR) is 67.9 cm³/mol. The van der Waals surface area contributed by atoms with Crippen molar-refractivity contribution in [3.05, 3.63) is 39.9 Å². The van der Waals surface area contributed by atoms with Crippen molar-refractivity contribution in [1.29, 1.82) is 0 Å². The third kappa shape index (κ3) is 3.20. The van der Waals surface area contributed by atoms with E-state index in [0.717, 1.165) is 10.4 Å². The van der Waals surface area contributed by atoms with Gasteiger partial charge in [0.05, 0.1) is 13.1 Å². The molecule has 0 spiro atoms. The zero-order chi connectivity index (χ0) is 12.8. The molecule has 0 aliphatic rings. The monoisotopic (exact) mass is 261 g/mol. The molecule has 0 radical (unpaired) electrons. The van der Waals surface area contributed by atoms with E-state index in [2.05, 4.69) is 26.8 Å². The molecule has 0 fully saturated rings. The second kappa shape index (κ2) is 6.00. The Morgan fingerprint density at radius 2 is 2.50 bits per heavy atom. The molecule has 6 heteroatoms. The van der Waals surface area contributed by atoms with Gasteiger partial charge in [0.15, 0.2) is 5.69 Å². The molecule has 2 rings (SSSR count). The molecular formula is C12H11N3O2S. The molecule has 5 nitrogen and oxygen atoms in total. The molecule has 0 saturated carbocycles. The fourth-order valence-corrected chi connectivity index (χ4v) is 2.04. The van der Waals surface area contributed by atoms with Crippen LogP contribution in [0.15, 0.2) is 28.3 Å². The highest BCUT2D eigenvalue weighted by molar-refractivity contribution is 7.10. The third-order valence-corrected chi connectivity index (χ3v) is 3.02. The van der Waals surface area contributed by atoms with Gasteiger partial charge in [0.25, 0.3) is 5.91 Å². The van der Waals surface area contributed by atoms with Crippen molar-refractivity contribution >= 4 is 17.2 Å². The Hall–Kier alpha value is -2.10. The van der Waals surface area contributed by atoms with Crippen LogP contribution in [-0.2, 0) is 6.54 Å². The van der Waals surface area contributed by atoms with Crippen LogP contribution in [0.5, 0.6) is 0 Å². The molecule has 0 saturated heterocycles. The van der Waals surface area contributed by atoms with Crippen molar-refractivity contribution in [2.45, 2.75) is 6.54 Å². The Morgan fingerprint density at radius 3 is 3.22 bits per heavy atom. The maximum absolute atomic E-state index is 11.6. The number of aromatic nitrogens is 1. The number of nitrogens with one attached hydrogen (secondary N) is 1. The highest BCUT2D eigenvalue weighted by Gasteiger charge is 2.08. The molecule has 18 heavy (non-hydrogen) atoms. The van der Waals surface area contributed by atoms with Crippen LogP contribution in [-0.4, -0.2) is 17.6 Å². The van der Waals surface area contributed by atoms with Crippen LogP contribution in [0.25, 0.3) is 0 Å². The van der Waals surface area contributed by atoms with Crippen LogP contribution < -0.4 is 11.1 Å². The highest BCUT2D eigenvalue weighted by atomic mass is 32.1. The van der Waals surface area contributed by atoms with E-state index >= 15 is 0 Å². The molecule has 2 aromatic heterocycles. The third-order valence-electron chi connectivity index (χ3n) is 2.08. The number of carbonyl (C=O) groups is 1. The molecule has 0 unspecified atom stereocenters. The van der Waals surface area contributed by atoms with Crippen molar-refractivity contribution in [3.8, 4) is 11.8 Å². The number of rotatable bonds is 3. The molecule has 2 aromatic rings. The van der Waals surface area contributed by atoms with Crippen LogP contribution in [0.1, 0.15) is 20.9 Å². The zero-order valence-corrected chi connectivity index (χ0v) is 10.3. The van der Waals surface area contributed by atoms with Gasteiger partial charge in [-0.05, 0) is 6.07 Å². The number of nitrogens with two attached hydrogens (primary N) is 1. The van der Waals surface area contributed by atoms with Crippen LogP contribution in [0.2, 0.25) is 0 Å². The normalized spacial score (nSPS) is 9.61. The first-order valence-corrected chi connectivity index (χ1v) is 6.12. The molecule has 2 heterocycles. The summed E-state index contributed by atoms with van der Waals surface area (Å²) in [5.74, 6) is 5.46. The zero-order valence-electron chi connectivity index (χ0n) is 9.47. The summed E-state index contributed by atoms with van der Waals surface area (Å²) in [7, 11) is 0. The molecule has 0 bridgehead atoms. The van der Waals surface area contributed by atoms with Crippen LogP contribution in [0.4, 0.5) is 0 Å². The van der Waals surface area contributed by atoms with Crippen molar-refractivity contribution in [3.63, 3.8) is 0 Å². The largest absolute Gasteiger partial charge is 0.364 e. The van der Waals surface area contributed by atoms with Crippen molar-refractivity contribution < 1.29 is 9.32 Å². The number of thiophene rings is 1. The number of nitrogens with zero attached hydrogens (tertiary/aromatic N) is 1. The lowest BCUT2D eigenvalue weighted by atomic mass is 10.3. The summed E-state index contributed by atoms with van der Waals surface area (Å²) >= 11 is 1.54. The minimum atomic E-state index is -0.258. The Kier molecular flexibility index (Phi) is 4.12. The first kappa shape index (κ1) is 12.4. The molecule has 1 amide bonds. The van der Waals surface area contributed by atoms with E-state index in [-0.39, 0.29) is 11.6 Å². The van der Waals surface area contributed by atoms with E-state index in [1.165, 1.54) is 23.7 Å². The fourth-order valence-electron chi connectivity index (χ4n) is 1.28. The summed E-state index contributed by atoms with van der Waals surface area (Å²) < 4.78 is 4.60. The van der Waals surface area contributed by atoms with Crippen LogP contribution >= 0.6 is 11.3 Å². The predicted octanol–water partition coefficient (Wildman–Crippen LogP) is 0.976. The minimum Gasteiger partial charge on any atom is -0.364 e. The lowest BCUT2D eigenvalue weighted by Gasteiger charge is -1.99. The molecule has 0 atom stereocenters. The molecule has 0 aromatic carbocycles. The van der Waals surface area contributed by atoms with Crippen LogP contribution in [0.3, 0.4) is 0 Å². The number of amides is 1. The first-order chi connectivity index (χ1) is 8.79. The lowest BCUT2D eigenvalue weighted by Crippen LogP contribution is -2.22. The van der Waals surface area contributed by atoms with Crippen molar-refractivity contribution in [1.82, 2.24) is 10.5 Å². The van der Waals surface area contributed by atoms with Crippen LogP contribution in [0, 0.1) is 11.8 Å². The van der Waals surface area contributed by atoms with E-state index in [0.29, 0.717) is 13.1 Å². The molecule has 3 N–H and O–H groups in total. The van der Waals surface area contributed by atoms with Gasteiger partial charge < -0.3 is 15.6 Å². The first-order valence-electron chi connectivity index (χ1n) is 5.24. The van der Waals surface area contributed by atoms with Crippen molar-refractivity contribution in [2.75, 3.05) is 6.54 Å². The topological polar surface area (TPSA) is 81.1 Å². The number of hydrogen-bond acceptors (Lipinski definition) is 5.